The van der Waals surface area contributed by atoms with Crippen LogP contribution in [0.1, 0.15) is 36.3 Å². The predicted molar refractivity (Wildman–Crippen MR) is 94.6 cm³/mol. The maximum absolute atomic E-state index is 10.1. The smallest absolute Gasteiger partial charge is 0.132 e. The highest BCUT2D eigenvalue weighted by Crippen LogP contribution is 2.18. The van der Waals surface area contributed by atoms with E-state index in [-0.39, 0.29) is 6.04 Å². The summed E-state index contributed by atoms with van der Waals surface area (Å²) in [5.74, 6) is 0.623. The summed E-state index contributed by atoms with van der Waals surface area (Å²) in [5, 5.41) is 13.6. The largest absolute Gasteiger partial charge is 0.467 e. The van der Waals surface area contributed by atoms with Crippen LogP contribution in [-0.2, 0) is 13.1 Å². The molecule has 0 amide bonds. The third-order valence-corrected chi connectivity index (χ3v) is 4.12. The van der Waals surface area contributed by atoms with Crippen molar-refractivity contribution in [1.82, 2.24) is 9.88 Å². The van der Waals surface area contributed by atoms with E-state index >= 15 is 0 Å². The first-order valence-electron chi connectivity index (χ1n) is 8.34. The molecule has 4 heteroatoms. The second-order valence-electron chi connectivity index (χ2n) is 6.23. The van der Waals surface area contributed by atoms with E-state index in [0.717, 1.165) is 13.1 Å². The lowest BCUT2D eigenvalue weighted by Gasteiger charge is -2.16. The van der Waals surface area contributed by atoms with Crippen LogP contribution in [0.25, 0.3) is 0 Å². The minimum atomic E-state index is -0.565. The summed E-state index contributed by atoms with van der Waals surface area (Å²) >= 11 is 0. The average Bonchev–Trinajstić information content (AvgIpc) is 3.26. The molecule has 3 aromatic rings. The third-order valence-electron chi connectivity index (χ3n) is 4.12. The molecule has 0 radical (unpaired) electrons. The van der Waals surface area contributed by atoms with Crippen molar-refractivity contribution in [1.29, 1.82) is 0 Å². The normalized spacial score (nSPS) is 13.8. The van der Waals surface area contributed by atoms with Gasteiger partial charge in [0.05, 0.1) is 6.26 Å². The molecule has 0 aliphatic rings. The fourth-order valence-corrected chi connectivity index (χ4v) is 2.80. The number of rotatable bonds is 8. The monoisotopic (exact) mass is 324 g/mol. The van der Waals surface area contributed by atoms with Gasteiger partial charge in [0.1, 0.15) is 11.9 Å². The van der Waals surface area contributed by atoms with E-state index in [9.17, 15) is 5.11 Å². The number of nitrogens with one attached hydrogen (secondary N) is 1. The molecule has 24 heavy (non-hydrogen) atoms. The number of nitrogens with zero attached hydrogens (tertiary/aromatic N) is 1. The Hall–Kier alpha value is -2.30. The second-order valence-corrected chi connectivity index (χ2v) is 6.23. The quantitative estimate of drug-likeness (QED) is 0.664. The summed E-state index contributed by atoms with van der Waals surface area (Å²) in [6, 6.07) is 16.4. The van der Waals surface area contributed by atoms with Gasteiger partial charge in [-0.25, -0.2) is 0 Å². The highest BCUT2D eigenvalue weighted by atomic mass is 16.4. The second kappa shape index (κ2) is 7.99. The summed E-state index contributed by atoms with van der Waals surface area (Å²) in [6.45, 7) is 3.74. The van der Waals surface area contributed by atoms with E-state index < -0.39 is 6.10 Å². The van der Waals surface area contributed by atoms with Crippen LogP contribution in [0.3, 0.4) is 0 Å². The molecule has 1 aromatic carbocycles. The maximum atomic E-state index is 10.1. The van der Waals surface area contributed by atoms with E-state index in [1.165, 1.54) is 11.1 Å². The molecular formula is C20H24N2O2. The minimum absolute atomic E-state index is 0.197. The van der Waals surface area contributed by atoms with Crippen LogP contribution in [-0.4, -0.2) is 15.7 Å². The van der Waals surface area contributed by atoms with Gasteiger partial charge in [-0.3, -0.25) is 0 Å². The van der Waals surface area contributed by atoms with Crippen LogP contribution in [0.4, 0.5) is 0 Å². The van der Waals surface area contributed by atoms with Crippen LogP contribution in [0.5, 0.6) is 0 Å². The average molecular weight is 324 g/mol. The molecule has 3 rings (SSSR count). The number of furan rings is 1. The molecule has 2 N–H and O–H groups in total. The summed E-state index contributed by atoms with van der Waals surface area (Å²) in [6.07, 6.45) is 5.91. The van der Waals surface area contributed by atoms with E-state index in [1.54, 1.807) is 18.4 Å². The Balaban J connectivity index is 1.46. The molecule has 2 aromatic heterocycles. The minimum Gasteiger partial charge on any atom is -0.467 e. The molecule has 126 valence electrons. The van der Waals surface area contributed by atoms with Crippen molar-refractivity contribution in [2.45, 2.75) is 38.6 Å². The fraction of sp³-hybridized carbons (Fsp3) is 0.300. The van der Waals surface area contributed by atoms with Gasteiger partial charge in [-0.2, -0.15) is 0 Å². The van der Waals surface area contributed by atoms with Crippen molar-refractivity contribution >= 4 is 0 Å². The van der Waals surface area contributed by atoms with Crippen molar-refractivity contribution < 1.29 is 9.52 Å². The van der Waals surface area contributed by atoms with E-state index in [2.05, 4.69) is 59.5 Å². The summed E-state index contributed by atoms with van der Waals surface area (Å²) < 4.78 is 7.43. The number of benzene rings is 1. The number of aliphatic hydroxyl groups excluding tert-OH is 1. The molecule has 0 saturated carbocycles. The van der Waals surface area contributed by atoms with E-state index in [4.69, 9.17) is 4.42 Å². The Morgan fingerprint density at radius 1 is 1.08 bits per heavy atom. The molecule has 0 fully saturated rings. The maximum Gasteiger partial charge on any atom is 0.132 e. The predicted octanol–water partition coefficient (Wildman–Crippen LogP) is 3.73. The zero-order valence-electron chi connectivity index (χ0n) is 13.9. The first-order valence-corrected chi connectivity index (χ1v) is 8.34. The van der Waals surface area contributed by atoms with E-state index in [1.807, 2.05) is 6.07 Å². The highest BCUT2D eigenvalue weighted by Gasteiger charge is 2.14. The molecular weight excluding hydrogens is 300 g/mol. The van der Waals surface area contributed by atoms with Crippen LogP contribution in [0, 0.1) is 0 Å². The van der Waals surface area contributed by atoms with Crippen LogP contribution >= 0.6 is 0 Å². The number of hydrogen-bond acceptors (Lipinski definition) is 3. The van der Waals surface area contributed by atoms with Gasteiger partial charge >= 0.3 is 0 Å². The summed E-state index contributed by atoms with van der Waals surface area (Å²) in [4.78, 5) is 0. The van der Waals surface area contributed by atoms with Gasteiger partial charge in [-0.1, -0.05) is 30.3 Å². The van der Waals surface area contributed by atoms with Crippen molar-refractivity contribution in [2.24, 2.45) is 0 Å². The Morgan fingerprint density at radius 2 is 1.92 bits per heavy atom. The molecule has 2 atom stereocenters. The lowest BCUT2D eigenvalue weighted by Crippen LogP contribution is -2.27. The van der Waals surface area contributed by atoms with Crippen LogP contribution in [0.2, 0.25) is 0 Å². The fourth-order valence-electron chi connectivity index (χ4n) is 2.80. The van der Waals surface area contributed by atoms with Gasteiger partial charge in [0.15, 0.2) is 0 Å². The summed E-state index contributed by atoms with van der Waals surface area (Å²) in [7, 11) is 0. The zero-order valence-corrected chi connectivity index (χ0v) is 13.9. The van der Waals surface area contributed by atoms with Crippen molar-refractivity contribution in [3.63, 3.8) is 0 Å². The van der Waals surface area contributed by atoms with Gasteiger partial charge in [-0.05, 0) is 42.7 Å². The lowest BCUT2D eigenvalue weighted by atomic mass is 10.1. The molecule has 0 spiro atoms. The SMILES string of the molecule is CC(CC(O)c1ccco1)NCc1ccn(Cc2ccccc2)c1. The molecule has 4 nitrogen and oxygen atoms in total. The lowest BCUT2D eigenvalue weighted by molar-refractivity contribution is 0.128. The molecule has 0 saturated heterocycles. The van der Waals surface area contributed by atoms with Gasteiger partial charge in [-0.15, -0.1) is 0 Å². The highest BCUT2D eigenvalue weighted by molar-refractivity contribution is 5.17. The molecule has 2 unspecified atom stereocenters. The Labute approximate surface area is 142 Å². The van der Waals surface area contributed by atoms with Crippen molar-refractivity contribution in [2.75, 3.05) is 0 Å². The molecule has 0 bridgehead atoms. The van der Waals surface area contributed by atoms with Gasteiger partial charge < -0.3 is 19.4 Å². The Morgan fingerprint density at radius 3 is 2.67 bits per heavy atom. The first kappa shape index (κ1) is 16.6. The van der Waals surface area contributed by atoms with Crippen molar-refractivity contribution in [3.8, 4) is 0 Å². The Bertz CT molecular complexity index is 719. The third kappa shape index (κ3) is 4.60. The zero-order chi connectivity index (χ0) is 16.8. The standard InChI is InChI=1S/C20H24N2O2/c1-16(12-19(23)20-8-5-11-24-20)21-13-18-9-10-22(15-18)14-17-6-3-2-4-7-17/h2-11,15-16,19,21,23H,12-14H2,1H3. The molecule has 0 aliphatic heterocycles. The number of aromatic nitrogens is 1. The van der Waals surface area contributed by atoms with Crippen molar-refractivity contribution in [3.05, 3.63) is 84.1 Å². The topological polar surface area (TPSA) is 50.3 Å². The molecule has 2 heterocycles. The number of aliphatic hydroxyl groups is 1. The molecule has 0 aliphatic carbocycles. The van der Waals surface area contributed by atoms with Gasteiger partial charge in [0.25, 0.3) is 0 Å². The number of hydrogen-bond donors (Lipinski definition) is 2. The van der Waals surface area contributed by atoms with Crippen LogP contribution in [0.15, 0.2) is 71.6 Å². The first-order chi connectivity index (χ1) is 11.7. The Kier molecular flexibility index (Phi) is 5.51. The van der Waals surface area contributed by atoms with Gasteiger partial charge in [0, 0.05) is 31.5 Å². The van der Waals surface area contributed by atoms with Crippen LogP contribution < -0.4 is 5.32 Å². The van der Waals surface area contributed by atoms with E-state index in [0.29, 0.717) is 12.2 Å². The summed E-state index contributed by atoms with van der Waals surface area (Å²) in [5.41, 5.74) is 2.54. The van der Waals surface area contributed by atoms with Gasteiger partial charge in [0.2, 0.25) is 0 Å².